The lowest BCUT2D eigenvalue weighted by molar-refractivity contribution is -0.149. The Hall–Kier alpha value is -6.51. The standard InChI is InChI=1S/C19H28N4O3.C13H22N4O2.C13H18N4O.C7H12O3/c1-6-13-12(2)20-16-11-14(21-23(16)17(13)24)15-9-7-8-10-22(15)18(25)26-19(3,4)5;1-13(2,3)19-12(18)17-7-5-4-6-10(17)9-8-11(14)16-15-9;1-8-9(2)15-12-7-11(16-17(12)13(8)18)10-5-3-4-6-14-10;1-4-6(5(2)8)7(9)10-3/h11,15,21H,6-10H2,1-5H3;8,10H,4-7H2,1-3H3,(H3,14,15,16);7,10,14,16H,3-6H2,1-2H3;6H,4H2,1-3H3/t15-;2*10-;/m000./s1. The van der Waals surface area contributed by atoms with E-state index >= 15 is 0 Å². The fourth-order valence-corrected chi connectivity index (χ4v) is 9.17. The van der Waals surface area contributed by atoms with E-state index in [1.54, 1.807) is 27.3 Å². The molecule has 0 bridgehead atoms. The summed E-state index contributed by atoms with van der Waals surface area (Å²) in [5, 5.41) is 16.7. The van der Waals surface area contributed by atoms with Crippen molar-refractivity contribution in [2.24, 2.45) is 5.92 Å². The molecule has 0 spiro atoms. The van der Waals surface area contributed by atoms with E-state index in [9.17, 15) is 28.8 Å². The topological polar surface area (TPSA) is 270 Å². The van der Waals surface area contributed by atoms with Crippen LogP contribution < -0.4 is 22.2 Å². The monoisotopic (exact) mass is 1020 g/mol. The number of likely N-dealkylation sites (tertiary alicyclic amines) is 2. The van der Waals surface area contributed by atoms with Crippen molar-refractivity contribution in [3.05, 3.63) is 78.5 Å². The summed E-state index contributed by atoms with van der Waals surface area (Å²) in [5.41, 5.74) is 11.6. The number of H-pyrrole nitrogens is 3. The Morgan fingerprint density at radius 1 is 0.726 bits per heavy atom. The number of aromatic amines is 3. The lowest BCUT2D eigenvalue weighted by Gasteiger charge is -2.36. The molecule has 8 heterocycles. The summed E-state index contributed by atoms with van der Waals surface area (Å²) in [4.78, 5) is 83.6. The molecular weight excluding hydrogens is 937 g/mol. The third kappa shape index (κ3) is 15.0. The first-order valence-corrected chi connectivity index (χ1v) is 25.7. The minimum atomic E-state index is -0.565. The summed E-state index contributed by atoms with van der Waals surface area (Å²) in [6.45, 7) is 24.3. The van der Waals surface area contributed by atoms with Crippen LogP contribution in [0.5, 0.6) is 0 Å². The summed E-state index contributed by atoms with van der Waals surface area (Å²) in [6, 6.07) is 5.81. The average molecular weight is 1020 g/mol. The summed E-state index contributed by atoms with van der Waals surface area (Å²) < 4.78 is 18.5. The van der Waals surface area contributed by atoms with Gasteiger partial charge in [-0.25, -0.2) is 28.6 Å². The van der Waals surface area contributed by atoms with Gasteiger partial charge in [-0.1, -0.05) is 20.3 Å². The molecule has 4 atom stereocenters. The SMILES string of the molecule is CC(C)(C)OC(=O)N1CCCC[C@H]1c1cc(N)n[nH]1.CCC(C(C)=O)C(=O)OC.CCc1c(C)nc2cc([C@@H]3CCCCN3C(=O)OC(C)(C)C)[nH]n2c1=O.Cc1nc2cc([C@@H]3CCCCN3)[nH]n2c(=O)c1C. The van der Waals surface area contributed by atoms with E-state index in [1.165, 1.54) is 31.4 Å². The molecular formula is C52H80N12O9. The fourth-order valence-electron chi connectivity index (χ4n) is 9.17. The summed E-state index contributed by atoms with van der Waals surface area (Å²) in [7, 11) is 1.29. The number of nitrogens with zero attached hydrogens (tertiary/aromatic N) is 7. The number of aromatic nitrogens is 8. The van der Waals surface area contributed by atoms with Crippen LogP contribution in [-0.2, 0) is 30.2 Å². The number of carbonyl (C=O) groups is 4. The quantitative estimate of drug-likeness (QED) is 0.0587. The lowest BCUT2D eigenvalue weighted by Crippen LogP contribution is -2.42. The number of nitrogens with one attached hydrogen (secondary N) is 4. The zero-order valence-electron chi connectivity index (χ0n) is 45.3. The molecule has 3 fully saturated rings. The van der Waals surface area contributed by atoms with Gasteiger partial charge in [0.05, 0.1) is 36.3 Å². The van der Waals surface area contributed by atoms with E-state index in [4.69, 9.17) is 15.2 Å². The minimum absolute atomic E-state index is 0.000408. The number of anilines is 1. The number of aryl methyl sites for hydroxylation is 2. The van der Waals surface area contributed by atoms with Crippen LogP contribution in [0.25, 0.3) is 11.3 Å². The molecule has 0 saturated carbocycles. The highest BCUT2D eigenvalue weighted by atomic mass is 16.6. The number of fused-ring (bicyclic) bond motifs is 2. The van der Waals surface area contributed by atoms with Gasteiger partial charge in [0.2, 0.25) is 0 Å². The van der Waals surface area contributed by atoms with Crippen LogP contribution in [0.2, 0.25) is 0 Å². The Morgan fingerprint density at radius 3 is 1.71 bits per heavy atom. The number of ether oxygens (including phenoxy) is 3. The van der Waals surface area contributed by atoms with Crippen molar-refractivity contribution in [3.8, 4) is 0 Å². The molecule has 6 N–H and O–H groups in total. The number of nitrogen functional groups attached to an aromatic ring is 1. The van der Waals surface area contributed by atoms with E-state index in [1.807, 2.05) is 81.4 Å². The molecule has 0 aliphatic carbocycles. The number of esters is 1. The van der Waals surface area contributed by atoms with E-state index < -0.39 is 23.1 Å². The zero-order chi connectivity index (χ0) is 53.9. The van der Waals surface area contributed by atoms with Crippen LogP contribution in [0.3, 0.4) is 0 Å². The van der Waals surface area contributed by atoms with E-state index in [0.717, 1.165) is 80.0 Å². The summed E-state index contributed by atoms with van der Waals surface area (Å²) in [5.74, 6) is -0.681. The van der Waals surface area contributed by atoms with Crippen molar-refractivity contribution >= 4 is 41.1 Å². The molecule has 5 aromatic heterocycles. The van der Waals surface area contributed by atoms with Gasteiger partial charge in [0.25, 0.3) is 11.1 Å². The molecule has 73 heavy (non-hydrogen) atoms. The van der Waals surface area contributed by atoms with Gasteiger partial charge >= 0.3 is 18.2 Å². The number of methoxy groups -OCH3 is 1. The van der Waals surface area contributed by atoms with Crippen LogP contribution in [0.15, 0.2) is 27.8 Å². The third-order valence-electron chi connectivity index (χ3n) is 13.1. The maximum atomic E-state index is 12.7. The molecule has 3 aliphatic rings. The predicted octanol–water partition coefficient (Wildman–Crippen LogP) is 8.04. The summed E-state index contributed by atoms with van der Waals surface area (Å²) in [6.07, 6.45) is 9.94. The number of Topliss-reactive ketones (excluding diaryl/α,β-unsaturated/α-hetero) is 1. The number of ketones is 1. The Bertz CT molecular complexity index is 2800. The zero-order valence-corrected chi connectivity index (χ0v) is 45.3. The van der Waals surface area contributed by atoms with Crippen molar-refractivity contribution < 1.29 is 33.4 Å². The van der Waals surface area contributed by atoms with Crippen LogP contribution in [0.1, 0.15) is 184 Å². The van der Waals surface area contributed by atoms with Crippen molar-refractivity contribution in [1.29, 1.82) is 0 Å². The number of amides is 2. The highest BCUT2D eigenvalue weighted by Crippen LogP contribution is 2.33. The molecule has 21 heteroatoms. The van der Waals surface area contributed by atoms with Crippen molar-refractivity contribution in [3.63, 3.8) is 0 Å². The van der Waals surface area contributed by atoms with Crippen LogP contribution in [0.4, 0.5) is 15.4 Å². The Kier molecular flexibility index (Phi) is 19.6. The highest BCUT2D eigenvalue weighted by Gasteiger charge is 2.34. The van der Waals surface area contributed by atoms with Crippen molar-refractivity contribution in [2.75, 3.05) is 32.5 Å². The first kappa shape index (κ1) is 57.4. The van der Waals surface area contributed by atoms with Gasteiger partial charge < -0.3 is 25.3 Å². The molecule has 402 valence electrons. The van der Waals surface area contributed by atoms with E-state index in [0.29, 0.717) is 60.2 Å². The van der Waals surface area contributed by atoms with Gasteiger partial charge in [-0.3, -0.25) is 44.3 Å². The minimum Gasteiger partial charge on any atom is -0.468 e. The average Bonchev–Trinajstić information content (AvgIpc) is 4.10. The number of piperidine rings is 3. The number of rotatable bonds is 7. The van der Waals surface area contributed by atoms with E-state index in [2.05, 4.69) is 40.4 Å². The molecule has 5 aromatic rings. The van der Waals surface area contributed by atoms with Crippen LogP contribution in [0, 0.1) is 26.7 Å². The molecule has 3 aliphatic heterocycles. The maximum Gasteiger partial charge on any atom is 0.410 e. The second-order valence-corrected chi connectivity index (χ2v) is 21.0. The number of hydrogen-bond acceptors (Lipinski definition) is 14. The van der Waals surface area contributed by atoms with Gasteiger partial charge in [0.15, 0.2) is 11.3 Å². The normalized spacial score (nSPS) is 18.6. The predicted molar refractivity (Wildman–Crippen MR) is 278 cm³/mol. The third-order valence-corrected chi connectivity index (χ3v) is 13.1. The number of carbonyl (C=O) groups excluding carboxylic acids is 4. The molecule has 2 amide bonds. The highest BCUT2D eigenvalue weighted by molar-refractivity contribution is 5.97. The molecule has 0 aromatic carbocycles. The fraction of sp³-hybridized carbons (Fsp3) is 0.635. The van der Waals surface area contributed by atoms with Gasteiger partial charge in [-0.15, -0.1) is 0 Å². The summed E-state index contributed by atoms with van der Waals surface area (Å²) >= 11 is 0. The van der Waals surface area contributed by atoms with Gasteiger partial charge in [-0.2, -0.15) is 5.10 Å². The van der Waals surface area contributed by atoms with Gasteiger partial charge in [0.1, 0.15) is 28.7 Å². The Morgan fingerprint density at radius 2 is 1.25 bits per heavy atom. The second-order valence-electron chi connectivity index (χ2n) is 21.0. The molecule has 3 saturated heterocycles. The molecule has 21 nitrogen and oxygen atoms in total. The Labute approximate surface area is 427 Å². The van der Waals surface area contributed by atoms with Crippen LogP contribution in [-0.4, -0.2) is 111 Å². The number of nitrogens with two attached hydrogens (primary N) is 1. The maximum absolute atomic E-state index is 12.7. The smallest absolute Gasteiger partial charge is 0.410 e. The number of hydrogen-bond donors (Lipinski definition) is 5. The largest absolute Gasteiger partial charge is 0.468 e. The van der Waals surface area contributed by atoms with Crippen LogP contribution >= 0.6 is 0 Å². The van der Waals surface area contributed by atoms with Crippen molar-refractivity contribution in [2.45, 2.75) is 183 Å². The first-order valence-electron chi connectivity index (χ1n) is 25.7. The van der Waals surface area contributed by atoms with E-state index in [-0.39, 0.29) is 41.2 Å². The Balaban J connectivity index is 0.000000189. The second kappa shape index (κ2) is 24.9. The molecule has 0 radical (unpaired) electrons. The van der Waals surface area contributed by atoms with Gasteiger partial charge in [-0.05, 0) is 140 Å². The van der Waals surface area contributed by atoms with Crippen molar-refractivity contribution in [1.82, 2.24) is 54.5 Å². The molecule has 1 unspecified atom stereocenters. The first-order chi connectivity index (χ1) is 34.4. The lowest BCUT2D eigenvalue weighted by atomic mass is 10.00. The van der Waals surface area contributed by atoms with Gasteiger partial charge in [0, 0.05) is 59.8 Å². The molecule has 8 rings (SSSR count).